The molecule has 9 heteroatoms. The first-order valence-electron chi connectivity index (χ1n) is 14.2. The summed E-state index contributed by atoms with van der Waals surface area (Å²) in [5, 5.41) is 3.35. The molecule has 8 nitrogen and oxygen atoms in total. The lowest BCUT2D eigenvalue weighted by Gasteiger charge is -2.24. The van der Waals surface area contributed by atoms with Gasteiger partial charge in [0.1, 0.15) is 17.1 Å². The van der Waals surface area contributed by atoms with Crippen LogP contribution in [0.3, 0.4) is 0 Å². The zero-order valence-corrected chi connectivity index (χ0v) is 24.5. The third kappa shape index (κ3) is 5.36. The Kier molecular flexibility index (Phi) is 7.21. The fraction of sp³-hybridized carbons (Fsp3) is 0.0857. The lowest BCUT2D eigenvalue weighted by Crippen LogP contribution is -2.37. The number of para-hydroxylation sites is 1. The number of hydrogen-bond acceptors (Lipinski definition) is 7. The predicted octanol–water partition coefficient (Wildman–Crippen LogP) is 7.12. The van der Waals surface area contributed by atoms with Crippen molar-refractivity contribution in [3.63, 3.8) is 0 Å². The molecule has 1 atom stereocenters. The molecule has 1 aliphatic rings. The summed E-state index contributed by atoms with van der Waals surface area (Å²) in [5.41, 5.74) is 7.33. The largest absolute Gasteiger partial charge is 0.432 e. The predicted molar refractivity (Wildman–Crippen MR) is 176 cm³/mol. The van der Waals surface area contributed by atoms with Gasteiger partial charge in [-0.3, -0.25) is 19.7 Å². The highest BCUT2D eigenvalue weighted by molar-refractivity contribution is 7.80. The van der Waals surface area contributed by atoms with Crippen LogP contribution in [0.25, 0.3) is 33.8 Å². The number of hydrogen-bond donors (Lipinski definition) is 1. The second-order valence-electron chi connectivity index (χ2n) is 10.5. The first kappa shape index (κ1) is 27.3. The molecule has 0 unspecified atom stereocenters. The minimum Gasteiger partial charge on any atom is -0.432 e. The molecule has 3 aromatic heterocycles. The van der Waals surface area contributed by atoms with Crippen LogP contribution >= 0.6 is 12.2 Å². The molecular formula is C35H26N6O2S. The standard InChI is InChI=1S/C35H26N6O2S/c1-22-20-24-8-2-3-11-31(24)41(22)35(44)43-26-15-12-23(13-16-26)34(42)38-25-14-17-27-30(21-25)40-33(29-10-5-7-19-37-29)32(39-27)28-9-4-6-18-36-28/h2-19,21-22H,20H2,1H3,(H,38,42)/t22-/m1/s1. The monoisotopic (exact) mass is 594 g/mol. The van der Waals surface area contributed by atoms with E-state index < -0.39 is 0 Å². The average molecular weight is 595 g/mol. The Morgan fingerprint density at radius 3 is 2.16 bits per heavy atom. The molecule has 3 aromatic carbocycles. The van der Waals surface area contributed by atoms with Crippen molar-refractivity contribution in [2.24, 2.45) is 0 Å². The molecule has 1 amide bonds. The molecular weight excluding hydrogens is 568 g/mol. The van der Waals surface area contributed by atoms with E-state index >= 15 is 0 Å². The van der Waals surface area contributed by atoms with Gasteiger partial charge in [-0.25, -0.2) is 9.97 Å². The normalized spacial score (nSPS) is 13.8. The van der Waals surface area contributed by atoms with Gasteiger partial charge in [-0.15, -0.1) is 0 Å². The molecule has 44 heavy (non-hydrogen) atoms. The molecule has 4 heterocycles. The van der Waals surface area contributed by atoms with E-state index in [0.29, 0.717) is 56.0 Å². The minimum atomic E-state index is -0.261. The van der Waals surface area contributed by atoms with Gasteiger partial charge in [-0.05, 0) is 104 Å². The van der Waals surface area contributed by atoms with Crippen LogP contribution in [0.4, 0.5) is 11.4 Å². The molecule has 0 fully saturated rings. The van der Waals surface area contributed by atoms with E-state index in [1.54, 1.807) is 42.7 Å². The van der Waals surface area contributed by atoms with Crippen molar-refractivity contribution in [3.05, 3.63) is 127 Å². The molecule has 0 radical (unpaired) electrons. The number of carbonyl (C=O) groups excluding carboxylic acids is 1. The molecule has 7 rings (SSSR count). The summed E-state index contributed by atoms with van der Waals surface area (Å²) in [4.78, 5) is 33.9. The van der Waals surface area contributed by atoms with Crippen LogP contribution in [-0.2, 0) is 6.42 Å². The second-order valence-corrected chi connectivity index (χ2v) is 10.8. The van der Waals surface area contributed by atoms with Crippen molar-refractivity contribution in [2.45, 2.75) is 19.4 Å². The summed E-state index contributed by atoms with van der Waals surface area (Å²) in [6.07, 6.45) is 4.35. The van der Waals surface area contributed by atoms with Crippen LogP contribution in [0, 0.1) is 0 Å². The Bertz CT molecular complexity index is 2000. The van der Waals surface area contributed by atoms with Crippen LogP contribution in [0.5, 0.6) is 5.75 Å². The number of fused-ring (bicyclic) bond motifs is 2. The molecule has 0 aliphatic carbocycles. The number of anilines is 2. The maximum Gasteiger partial charge on any atom is 0.269 e. The van der Waals surface area contributed by atoms with Gasteiger partial charge in [0.2, 0.25) is 0 Å². The summed E-state index contributed by atoms with van der Waals surface area (Å²) in [5.74, 6) is 0.304. The number of benzene rings is 3. The zero-order chi connectivity index (χ0) is 30.0. The molecule has 0 bridgehead atoms. The molecule has 0 saturated heterocycles. The lowest BCUT2D eigenvalue weighted by molar-refractivity contribution is 0.102. The average Bonchev–Trinajstić information content (AvgIpc) is 3.41. The Hall–Kier alpha value is -5.54. The SMILES string of the molecule is C[C@@H]1Cc2ccccc2N1C(=S)Oc1ccc(C(=O)Nc2ccc3nc(-c4ccccn4)c(-c4ccccn4)nc3c2)cc1. The lowest BCUT2D eigenvalue weighted by atomic mass is 10.1. The van der Waals surface area contributed by atoms with Gasteiger partial charge in [-0.2, -0.15) is 0 Å². The summed E-state index contributed by atoms with van der Waals surface area (Å²) in [6.45, 7) is 2.13. The van der Waals surface area contributed by atoms with Gasteiger partial charge in [0, 0.05) is 35.4 Å². The Morgan fingerprint density at radius 1 is 0.818 bits per heavy atom. The topological polar surface area (TPSA) is 93.1 Å². The number of pyridine rings is 2. The Labute approximate surface area is 259 Å². The number of nitrogens with one attached hydrogen (secondary N) is 1. The molecule has 6 aromatic rings. The number of thiocarbonyl (C=S) groups is 1. The van der Waals surface area contributed by atoms with Crippen molar-refractivity contribution in [3.8, 4) is 28.5 Å². The number of aromatic nitrogens is 4. The zero-order valence-electron chi connectivity index (χ0n) is 23.7. The second kappa shape index (κ2) is 11.6. The highest BCUT2D eigenvalue weighted by Gasteiger charge is 2.29. The van der Waals surface area contributed by atoms with Gasteiger partial charge in [0.05, 0.1) is 22.4 Å². The minimum absolute atomic E-state index is 0.207. The van der Waals surface area contributed by atoms with E-state index in [1.165, 1.54) is 5.56 Å². The first-order valence-corrected chi connectivity index (χ1v) is 14.6. The summed E-state index contributed by atoms with van der Waals surface area (Å²) in [7, 11) is 0. The third-order valence-corrected chi connectivity index (χ3v) is 7.74. The van der Waals surface area contributed by atoms with Crippen molar-refractivity contribution in [1.82, 2.24) is 19.9 Å². The van der Waals surface area contributed by atoms with E-state index in [9.17, 15) is 4.79 Å². The summed E-state index contributed by atoms with van der Waals surface area (Å²) >= 11 is 5.64. The number of rotatable bonds is 5. The van der Waals surface area contributed by atoms with Gasteiger partial charge in [0.15, 0.2) is 0 Å². The van der Waals surface area contributed by atoms with Crippen molar-refractivity contribution >= 4 is 45.7 Å². The third-order valence-electron chi connectivity index (χ3n) is 7.46. The number of nitrogens with zero attached hydrogens (tertiary/aromatic N) is 5. The molecule has 214 valence electrons. The molecule has 0 spiro atoms. The van der Waals surface area contributed by atoms with Crippen molar-refractivity contribution in [1.29, 1.82) is 0 Å². The maximum atomic E-state index is 13.2. The van der Waals surface area contributed by atoms with Crippen LogP contribution in [0.1, 0.15) is 22.8 Å². The molecule has 0 saturated carbocycles. The number of ether oxygens (including phenoxy) is 1. The van der Waals surface area contributed by atoms with Gasteiger partial charge in [-0.1, -0.05) is 30.3 Å². The smallest absolute Gasteiger partial charge is 0.269 e. The fourth-order valence-corrected chi connectivity index (χ4v) is 5.74. The number of amides is 1. The van der Waals surface area contributed by atoms with Crippen molar-refractivity contribution in [2.75, 3.05) is 10.2 Å². The van der Waals surface area contributed by atoms with E-state index in [1.807, 2.05) is 65.6 Å². The Balaban J connectivity index is 1.10. The Morgan fingerprint density at radius 2 is 1.48 bits per heavy atom. The van der Waals surface area contributed by atoms with Crippen LogP contribution in [-0.4, -0.2) is 37.1 Å². The van der Waals surface area contributed by atoms with E-state index in [-0.39, 0.29) is 11.9 Å². The van der Waals surface area contributed by atoms with E-state index in [2.05, 4.69) is 34.3 Å². The maximum absolute atomic E-state index is 13.2. The highest BCUT2D eigenvalue weighted by atomic mass is 32.1. The first-order chi connectivity index (χ1) is 21.5. The van der Waals surface area contributed by atoms with E-state index in [4.69, 9.17) is 26.9 Å². The van der Waals surface area contributed by atoms with Crippen molar-refractivity contribution < 1.29 is 9.53 Å². The van der Waals surface area contributed by atoms with Gasteiger partial charge in [0.25, 0.3) is 11.1 Å². The molecule has 1 aliphatic heterocycles. The summed E-state index contributed by atoms with van der Waals surface area (Å²) in [6, 6.07) is 32.1. The molecule has 1 N–H and O–H groups in total. The van der Waals surface area contributed by atoms with Crippen LogP contribution in [0.15, 0.2) is 116 Å². The van der Waals surface area contributed by atoms with Crippen LogP contribution < -0.4 is 15.0 Å². The quantitative estimate of drug-likeness (QED) is 0.211. The number of carbonyl (C=O) groups is 1. The summed E-state index contributed by atoms with van der Waals surface area (Å²) < 4.78 is 6.02. The highest BCUT2D eigenvalue weighted by Crippen LogP contribution is 2.33. The van der Waals surface area contributed by atoms with Gasteiger partial charge < -0.3 is 10.1 Å². The fourth-order valence-electron chi connectivity index (χ4n) is 5.37. The van der Waals surface area contributed by atoms with E-state index in [0.717, 1.165) is 12.1 Å². The van der Waals surface area contributed by atoms with Gasteiger partial charge >= 0.3 is 0 Å². The van der Waals surface area contributed by atoms with Crippen LogP contribution in [0.2, 0.25) is 0 Å².